The second kappa shape index (κ2) is 8.93. The lowest BCUT2D eigenvalue weighted by Gasteiger charge is -2.34. The van der Waals surface area contributed by atoms with Crippen LogP contribution in [0.5, 0.6) is 5.75 Å². The highest BCUT2D eigenvalue weighted by Crippen LogP contribution is 2.25. The highest BCUT2D eigenvalue weighted by molar-refractivity contribution is 5.81. The zero-order valence-electron chi connectivity index (χ0n) is 13.6. The van der Waals surface area contributed by atoms with Gasteiger partial charge in [0.15, 0.2) is 0 Å². The predicted octanol–water partition coefficient (Wildman–Crippen LogP) is 3.44. The summed E-state index contributed by atoms with van der Waals surface area (Å²) in [5.41, 5.74) is 0.910. The lowest BCUT2D eigenvalue weighted by Crippen LogP contribution is -2.46. The van der Waals surface area contributed by atoms with E-state index in [1.807, 2.05) is 36.1 Å². The number of hydrogen-bond acceptors (Lipinski definition) is 4. The molecule has 0 aromatic heterocycles. The number of ether oxygens (including phenoxy) is 2. The van der Waals surface area contributed by atoms with E-state index in [1.54, 1.807) is 26.2 Å². The molecule has 0 unspecified atom stereocenters. The van der Waals surface area contributed by atoms with Gasteiger partial charge < -0.3 is 14.4 Å². The maximum absolute atomic E-state index is 12.4. The van der Waals surface area contributed by atoms with E-state index in [-0.39, 0.29) is 11.9 Å². The lowest BCUT2D eigenvalue weighted by molar-refractivity contribution is -0.145. The largest absolute Gasteiger partial charge is 0.497 e. The summed E-state index contributed by atoms with van der Waals surface area (Å²) >= 11 is 0. The summed E-state index contributed by atoms with van der Waals surface area (Å²) in [7, 11) is 1.62. The molecule has 22 heavy (non-hydrogen) atoms. The minimum absolute atomic E-state index is 0.0545. The molecule has 1 rings (SSSR count). The van der Waals surface area contributed by atoms with E-state index in [4.69, 9.17) is 9.47 Å². The number of anilines is 1. The maximum atomic E-state index is 12.4. The first kappa shape index (κ1) is 17.8. The fourth-order valence-electron chi connectivity index (χ4n) is 2.27. The first-order valence-corrected chi connectivity index (χ1v) is 7.39. The summed E-state index contributed by atoms with van der Waals surface area (Å²) < 4.78 is 10.4. The van der Waals surface area contributed by atoms with E-state index in [1.165, 1.54) is 0 Å². The molecule has 0 spiro atoms. The smallest absolute Gasteiger partial charge is 0.329 e. The Balaban J connectivity index is 3.17. The van der Waals surface area contributed by atoms with Crippen LogP contribution < -0.4 is 9.64 Å². The molecule has 2 atom stereocenters. The molecule has 0 radical (unpaired) electrons. The Bertz CT molecular complexity index is 496. The number of nitrogens with zero attached hydrogens (tertiary/aromatic N) is 1. The van der Waals surface area contributed by atoms with Crippen molar-refractivity contribution in [2.45, 2.75) is 19.9 Å². The van der Waals surface area contributed by atoms with Crippen LogP contribution in [-0.2, 0) is 9.53 Å². The number of methoxy groups -OCH3 is 1. The van der Waals surface area contributed by atoms with Crippen molar-refractivity contribution >= 4 is 11.7 Å². The average molecular weight is 303 g/mol. The van der Waals surface area contributed by atoms with Gasteiger partial charge in [0.25, 0.3) is 0 Å². The van der Waals surface area contributed by atoms with Crippen LogP contribution in [0.1, 0.15) is 13.8 Å². The number of hydrogen-bond donors (Lipinski definition) is 0. The van der Waals surface area contributed by atoms with Gasteiger partial charge in [-0.25, -0.2) is 4.79 Å². The number of carbonyl (C=O) groups is 1. The Morgan fingerprint density at radius 1 is 1.32 bits per heavy atom. The van der Waals surface area contributed by atoms with Gasteiger partial charge in [0.2, 0.25) is 0 Å². The molecule has 1 aromatic carbocycles. The van der Waals surface area contributed by atoms with Crippen molar-refractivity contribution in [3.05, 3.63) is 49.6 Å². The van der Waals surface area contributed by atoms with Crippen LogP contribution in [-0.4, -0.2) is 32.3 Å². The quantitative estimate of drug-likeness (QED) is 0.517. The van der Waals surface area contributed by atoms with E-state index in [9.17, 15) is 4.79 Å². The van der Waals surface area contributed by atoms with Crippen LogP contribution in [0, 0.1) is 5.92 Å². The first-order chi connectivity index (χ1) is 10.6. The van der Waals surface area contributed by atoms with Gasteiger partial charge in [-0.2, -0.15) is 0 Å². The van der Waals surface area contributed by atoms with Gasteiger partial charge in [-0.3, -0.25) is 0 Å². The van der Waals surface area contributed by atoms with Crippen molar-refractivity contribution < 1.29 is 14.3 Å². The Labute approximate surface area is 133 Å². The molecule has 120 valence electrons. The summed E-state index contributed by atoms with van der Waals surface area (Å²) in [6.45, 7) is 12.2. The van der Waals surface area contributed by atoms with E-state index in [0.29, 0.717) is 13.2 Å². The van der Waals surface area contributed by atoms with E-state index < -0.39 is 6.04 Å². The first-order valence-electron chi connectivity index (χ1n) is 7.39. The number of esters is 1. The zero-order valence-corrected chi connectivity index (χ0v) is 13.6. The Hall–Kier alpha value is -2.23. The Morgan fingerprint density at radius 2 is 1.95 bits per heavy atom. The van der Waals surface area contributed by atoms with Crippen molar-refractivity contribution in [1.82, 2.24) is 0 Å². The number of rotatable bonds is 9. The summed E-state index contributed by atoms with van der Waals surface area (Å²) in [4.78, 5) is 14.4. The third-order valence-corrected chi connectivity index (χ3v) is 3.46. The molecule has 0 aliphatic heterocycles. The molecule has 4 nitrogen and oxygen atoms in total. The molecular weight excluding hydrogens is 278 g/mol. The average Bonchev–Trinajstić information content (AvgIpc) is 2.54. The number of carbonyl (C=O) groups excluding carboxylic acids is 1. The van der Waals surface area contributed by atoms with E-state index in [0.717, 1.165) is 11.4 Å². The Morgan fingerprint density at radius 3 is 2.41 bits per heavy atom. The topological polar surface area (TPSA) is 38.8 Å². The molecule has 0 saturated heterocycles. The fraction of sp³-hybridized carbons (Fsp3) is 0.389. The van der Waals surface area contributed by atoms with E-state index in [2.05, 4.69) is 13.2 Å². The van der Waals surface area contributed by atoms with Crippen LogP contribution in [0.3, 0.4) is 0 Å². The van der Waals surface area contributed by atoms with Gasteiger partial charge in [-0.1, -0.05) is 19.1 Å². The minimum Gasteiger partial charge on any atom is -0.497 e. The van der Waals surface area contributed by atoms with Gasteiger partial charge in [0, 0.05) is 18.2 Å². The molecule has 0 aliphatic rings. The van der Waals surface area contributed by atoms with E-state index >= 15 is 0 Å². The molecule has 0 heterocycles. The lowest BCUT2D eigenvalue weighted by atomic mass is 9.99. The molecule has 1 aromatic rings. The predicted molar refractivity (Wildman–Crippen MR) is 90.3 cm³/mol. The molecule has 0 fully saturated rings. The third-order valence-electron chi connectivity index (χ3n) is 3.46. The molecule has 0 saturated carbocycles. The Kier molecular flexibility index (Phi) is 7.23. The molecule has 4 heteroatoms. The number of benzene rings is 1. The van der Waals surface area contributed by atoms with Crippen LogP contribution in [0.15, 0.2) is 49.6 Å². The van der Waals surface area contributed by atoms with Gasteiger partial charge in [-0.05, 0) is 31.2 Å². The SMILES string of the molecule is C=CCN(c1ccc(OC)cc1)[C@@H](C(=O)OCC)[C@@H](C)C=C. The molecule has 0 bridgehead atoms. The fourth-order valence-corrected chi connectivity index (χ4v) is 2.27. The normalized spacial score (nSPS) is 12.9. The van der Waals surface area contributed by atoms with Crippen molar-refractivity contribution in [3.63, 3.8) is 0 Å². The standard InChI is InChI=1S/C18H25NO3/c1-6-13-19(15-9-11-16(21-5)12-10-15)17(14(4)7-2)18(20)22-8-3/h6-7,9-12,14,17H,1-2,8,13H2,3-5H3/t14-,17+/m0/s1. The zero-order chi connectivity index (χ0) is 16.5. The second-order valence-electron chi connectivity index (χ2n) is 4.93. The van der Waals surface area contributed by atoms with Crippen molar-refractivity contribution in [2.75, 3.05) is 25.2 Å². The summed E-state index contributed by atoms with van der Waals surface area (Å²) in [5.74, 6) is 0.459. The van der Waals surface area contributed by atoms with Crippen LogP contribution in [0.4, 0.5) is 5.69 Å². The second-order valence-corrected chi connectivity index (χ2v) is 4.93. The highest BCUT2D eigenvalue weighted by Gasteiger charge is 2.30. The van der Waals surface area contributed by atoms with Crippen LogP contribution >= 0.6 is 0 Å². The highest BCUT2D eigenvalue weighted by atomic mass is 16.5. The van der Waals surface area contributed by atoms with Crippen LogP contribution in [0.2, 0.25) is 0 Å². The third kappa shape index (κ3) is 4.38. The van der Waals surface area contributed by atoms with Crippen molar-refractivity contribution in [3.8, 4) is 5.75 Å². The minimum atomic E-state index is -0.441. The van der Waals surface area contributed by atoms with Gasteiger partial charge in [0.1, 0.15) is 11.8 Å². The summed E-state index contributed by atoms with van der Waals surface area (Å²) in [6.07, 6.45) is 3.54. The van der Waals surface area contributed by atoms with Crippen molar-refractivity contribution in [1.29, 1.82) is 0 Å². The molecule has 0 amide bonds. The summed E-state index contributed by atoms with van der Waals surface area (Å²) in [5, 5.41) is 0. The monoisotopic (exact) mass is 303 g/mol. The van der Waals surface area contributed by atoms with Crippen molar-refractivity contribution in [2.24, 2.45) is 5.92 Å². The molecular formula is C18H25NO3. The van der Waals surface area contributed by atoms with Crippen LogP contribution in [0.25, 0.3) is 0 Å². The molecule has 0 aliphatic carbocycles. The molecule has 0 N–H and O–H groups in total. The summed E-state index contributed by atoms with van der Waals surface area (Å²) in [6, 6.07) is 7.14. The maximum Gasteiger partial charge on any atom is 0.329 e. The van der Waals surface area contributed by atoms with Gasteiger partial charge in [-0.15, -0.1) is 13.2 Å². The van der Waals surface area contributed by atoms with Gasteiger partial charge >= 0.3 is 5.97 Å². The van der Waals surface area contributed by atoms with Gasteiger partial charge in [0.05, 0.1) is 13.7 Å².